The zero-order chi connectivity index (χ0) is 57.6. The van der Waals surface area contributed by atoms with Crippen LogP contribution >= 0.6 is 0 Å². The molecule has 2 unspecified atom stereocenters. The maximum absolute atomic E-state index is 12.9. The van der Waals surface area contributed by atoms with Crippen molar-refractivity contribution in [3.63, 3.8) is 0 Å². The lowest BCUT2D eigenvalue weighted by molar-refractivity contribution is -0.870. The number of unbranched alkanes of at least 4 members (excludes halogenated alkanes) is 4. The third-order valence-electron chi connectivity index (χ3n) is 11.3. The monoisotopic (exact) mass is 1090 g/mol. The number of hydrogen-bond donors (Lipinski definition) is 1. The van der Waals surface area contributed by atoms with Crippen LogP contribution in [0.25, 0.3) is 0 Å². The van der Waals surface area contributed by atoms with Crippen LogP contribution in [0.2, 0.25) is 0 Å². The average Bonchev–Trinajstić information content (AvgIpc) is 3.42. The van der Waals surface area contributed by atoms with Gasteiger partial charge in [0.1, 0.15) is 13.2 Å². The van der Waals surface area contributed by atoms with Crippen molar-refractivity contribution in [2.45, 2.75) is 180 Å². The first-order chi connectivity index (χ1) is 38.6. The lowest BCUT2D eigenvalue weighted by Crippen LogP contribution is -2.40. The van der Waals surface area contributed by atoms with Crippen LogP contribution in [0.15, 0.2) is 194 Å². The van der Waals surface area contributed by atoms with Crippen LogP contribution in [0.1, 0.15) is 168 Å². The van der Waals surface area contributed by atoms with E-state index < -0.39 is 30.3 Å². The Morgan fingerprint density at radius 3 is 1.03 bits per heavy atom. The number of esters is 2. The molecule has 0 spiro atoms. The molecule has 1 N–H and O–H groups in total. The molecule has 0 rings (SSSR count). The van der Waals surface area contributed by atoms with E-state index in [0.29, 0.717) is 23.9 Å². The van der Waals surface area contributed by atoms with Crippen molar-refractivity contribution in [3.8, 4) is 0 Å². The number of nitrogens with zero attached hydrogens (tertiary/aromatic N) is 1. The summed E-state index contributed by atoms with van der Waals surface area (Å²) in [6, 6.07) is 0. The maximum Gasteiger partial charge on any atom is 0.361 e. The van der Waals surface area contributed by atoms with Crippen molar-refractivity contribution in [1.82, 2.24) is 0 Å². The molecule has 0 amide bonds. The normalized spacial score (nSPS) is 14.2. The summed E-state index contributed by atoms with van der Waals surface area (Å²) in [4.78, 5) is 37.4. The van der Waals surface area contributed by atoms with E-state index in [1.165, 1.54) is 0 Å². The first kappa shape index (κ1) is 73.1. The fraction of sp³-hybridized carbons (Fsp3) is 0.500. The predicted molar refractivity (Wildman–Crippen MR) is 335 cm³/mol. The van der Waals surface area contributed by atoms with Gasteiger partial charge in [-0.05, 0) is 135 Å². The van der Waals surface area contributed by atoms with Gasteiger partial charge in [0.2, 0.25) is 0 Å². The number of quaternary nitrogens is 1. The van der Waals surface area contributed by atoms with Gasteiger partial charge in [0.25, 0.3) is 6.29 Å². The second-order valence-electron chi connectivity index (χ2n) is 19.8. The second kappa shape index (κ2) is 58.3. The summed E-state index contributed by atoms with van der Waals surface area (Å²) < 4.78 is 22.7. The van der Waals surface area contributed by atoms with E-state index in [9.17, 15) is 19.5 Å². The highest BCUT2D eigenvalue weighted by molar-refractivity contribution is 5.71. The molecule has 0 fully saturated rings. The van der Waals surface area contributed by atoms with Gasteiger partial charge >= 0.3 is 17.9 Å². The number of aliphatic carboxylic acids is 1. The van der Waals surface area contributed by atoms with E-state index in [2.05, 4.69) is 208 Å². The van der Waals surface area contributed by atoms with Crippen LogP contribution in [0.4, 0.5) is 0 Å². The molecular formula is C70H106NO8+. The SMILES string of the molecule is CC/C=C\C/C=C\C/C=C\C/C=C\C/C=C\C/C=C\C/C=C\C/C=C\C/C=C\C/C=C\C/C=C\CCCCCC(=O)OC(COC(=O)CCC/C=C\C/C=C\C/C=C\C/C=C\C/C=C\CC)COC(OCC[N+](C)(C)C)C(=O)O. The number of likely N-dealkylation sites (N-methyl/N-ethyl adjacent to an activating group) is 1. The Labute approximate surface area is 481 Å². The molecule has 0 aliphatic heterocycles. The standard InChI is InChI=1S/C70H105NO8/c1-6-8-10-12-14-16-18-20-22-24-25-26-27-28-29-30-31-32-33-34-35-36-37-38-39-40-41-42-43-45-47-49-51-53-55-57-59-61-68(73)79-66(65-78-70(69(74)75)76-63-62-71(3,4)5)64-77-67(72)60-58-56-54-52-50-48-46-44-23-21-19-17-15-13-11-9-7-2/h8-11,14-17,20-23,25-26,28-29,31-32,34-35,37-38,40-41,43,45-46,48-49,51-52,54,66,70H,6-7,12-13,18-19,24,27,30,33,36,39,42,44,47,50,53,55-65H2,1-5H3/p+1/b10-8-,11-9-,16-14-,17-15-,22-20-,23-21-,26-25-,29-28-,32-31-,35-34-,38-37-,41-40-,45-43-,48-46-,51-49-,54-52-. The number of carbonyl (C=O) groups is 3. The molecule has 0 saturated heterocycles. The van der Waals surface area contributed by atoms with E-state index in [1.54, 1.807) is 0 Å². The quantitative estimate of drug-likeness (QED) is 0.0211. The van der Waals surface area contributed by atoms with Crippen molar-refractivity contribution in [2.24, 2.45) is 0 Å². The summed E-state index contributed by atoms with van der Waals surface area (Å²) >= 11 is 0. The van der Waals surface area contributed by atoms with E-state index in [-0.39, 0.29) is 32.7 Å². The lowest BCUT2D eigenvalue weighted by Gasteiger charge is -2.25. The smallest absolute Gasteiger partial charge is 0.361 e. The van der Waals surface area contributed by atoms with Crippen LogP contribution in [0.5, 0.6) is 0 Å². The van der Waals surface area contributed by atoms with E-state index in [0.717, 1.165) is 128 Å². The number of hydrogen-bond acceptors (Lipinski definition) is 7. The molecule has 438 valence electrons. The van der Waals surface area contributed by atoms with Crippen LogP contribution in [-0.4, -0.2) is 87.4 Å². The van der Waals surface area contributed by atoms with Gasteiger partial charge in [0.15, 0.2) is 6.10 Å². The van der Waals surface area contributed by atoms with Gasteiger partial charge in [-0.25, -0.2) is 4.79 Å². The average molecular weight is 1090 g/mol. The Morgan fingerprint density at radius 2 is 0.696 bits per heavy atom. The molecule has 0 aromatic rings. The molecule has 0 bridgehead atoms. The first-order valence-corrected chi connectivity index (χ1v) is 29.6. The van der Waals surface area contributed by atoms with E-state index in [1.807, 2.05) is 21.1 Å². The van der Waals surface area contributed by atoms with Gasteiger partial charge in [0, 0.05) is 12.8 Å². The number of carboxylic acids is 1. The molecule has 79 heavy (non-hydrogen) atoms. The predicted octanol–water partition coefficient (Wildman–Crippen LogP) is 17.9. The molecule has 9 nitrogen and oxygen atoms in total. The third kappa shape index (κ3) is 59.6. The minimum Gasteiger partial charge on any atom is -0.477 e. The lowest BCUT2D eigenvalue weighted by atomic mass is 10.1. The van der Waals surface area contributed by atoms with Gasteiger partial charge in [0.05, 0.1) is 34.4 Å². The molecule has 0 saturated carbocycles. The molecule has 9 heteroatoms. The minimum atomic E-state index is -1.55. The van der Waals surface area contributed by atoms with Crippen molar-refractivity contribution < 1.29 is 42.9 Å². The number of carbonyl (C=O) groups excluding carboxylic acids is 2. The highest BCUT2D eigenvalue weighted by Crippen LogP contribution is 2.10. The Hall–Kier alpha value is -5.87. The second-order valence-corrected chi connectivity index (χ2v) is 19.8. The molecule has 0 aromatic carbocycles. The zero-order valence-electron chi connectivity index (χ0n) is 49.7. The Balaban J connectivity index is 4.39. The fourth-order valence-electron chi connectivity index (χ4n) is 6.87. The van der Waals surface area contributed by atoms with Crippen LogP contribution in [-0.2, 0) is 33.3 Å². The summed E-state index contributed by atoms with van der Waals surface area (Å²) in [5.74, 6) is -2.16. The highest BCUT2D eigenvalue weighted by Gasteiger charge is 2.25. The highest BCUT2D eigenvalue weighted by atomic mass is 16.7. The van der Waals surface area contributed by atoms with Gasteiger partial charge in [-0.15, -0.1) is 0 Å². The molecule has 0 aromatic heterocycles. The molecule has 0 aliphatic rings. The Bertz CT molecular complexity index is 1990. The van der Waals surface area contributed by atoms with Crippen LogP contribution < -0.4 is 0 Å². The largest absolute Gasteiger partial charge is 0.477 e. The fourth-order valence-corrected chi connectivity index (χ4v) is 6.87. The molecule has 0 radical (unpaired) electrons. The maximum atomic E-state index is 12.9. The van der Waals surface area contributed by atoms with E-state index in [4.69, 9.17) is 18.9 Å². The number of ether oxygens (including phenoxy) is 4. The molecule has 0 heterocycles. The van der Waals surface area contributed by atoms with Gasteiger partial charge in [-0.3, -0.25) is 9.59 Å². The minimum absolute atomic E-state index is 0.160. The van der Waals surface area contributed by atoms with Crippen molar-refractivity contribution >= 4 is 17.9 Å². The molecule has 2 atom stereocenters. The molecular weight excluding hydrogens is 983 g/mol. The van der Waals surface area contributed by atoms with Crippen molar-refractivity contribution in [2.75, 3.05) is 47.5 Å². The summed E-state index contributed by atoms with van der Waals surface area (Å²) in [6.07, 6.45) is 88.2. The van der Waals surface area contributed by atoms with Gasteiger partial charge < -0.3 is 28.5 Å². The first-order valence-electron chi connectivity index (χ1n) is 29.6. The summed E-state index contributed by atoms with van der Waals surface area (Å²) in [6.45, 7) is 4.49. The summed E-state index contributed by atoms with van der Waals surface area (Å²) in [7, 11) is 5.92. The van der Waals surface area contributed by atoms with Crippen molar-refractivity contribution in [3.05, 3.63) is 194 Å². The number of allylic oxidation sites excluding steroid dienone is 32. The van der Waals surface area contributed by atoms with Crippen LogP contribution in [0.3, 0.4) is 0 Å². The van der Waals surface area contributed by atoms with E-state index >= 15 is 0 Å². The Morgan fingerprint density at radius 1 is 0.380 bits per heavy atom. The topological polar surface area (TPSA) is 108 Å². The van der Waals surface area contributed by atoms with Crippen molar-refractivity contribution in [1.29, 1.82) is 0 Å². The molecule has 0 aliphatic carbocycles. The van der Waals surface area contributed by atoms with Gasteiger partial charge in [-0.2, -0.15) is 0 Å². The Kier molecular flexibility index (Phi) is 54.0. The van der Waals surface area contributed by atoms with Gasteiger partial charge in [-0.1, -0.05) is 215 Å². The summed E-state index contributed by atoms with van der Waals surface area (Å²) in [5.41, 5.74) is 0. The third-order valence-corrected chi connectivity index (χ3v) is 11.3. The zero-order valence-corrected chi connectivity index (χ0v) is 49.7. The number of rotatable bonds is 51. The number of carboxylic acid groups (broad SMARTS) is 1. The van der Waals surface area contributed by atoms with Crippen LogP contribution in [0, 0.1) is 0 Å². The summed E-state index contributed by atoms with van der Waals surface area (Å²) in [5, 5.41) is 9.69.